The summed E-state index contributed by atoms with van der Waals surface area (Å²) in [6.45, 7) is 1.16. The van der Waals surface area contributed by atoms with Gasteiger partial charge in [0.1, 0.15) is 0 Å². The zero-order valence-electron chi connectivity index (χ0n) is 13.8. The molecule has 0 radical (unpaired) electrons. The SMILES string of the molecule is O=C(NCC1CCCOC1c1ccccc1)c1cccc(C(F)F)c1. The molecular weight excluding hydrogens is 324 g/mol. The average Bonchev–Trinajstić information content (AvgIpc) is 2.67. The minimum absolute atomic E-state index is 0.0531. The summed E-state index contributed by atoms with van der Waals surface area (Å²) in [7, 11) is 0. The lowest BCUT2D eigenvalue weighted by Gasteiger charge is -2.32. The predicted molar refractivity (Wildman–Crippen MR) is 91.6 cm³/mol. The molecule has 2 atom stereocenters. The number of nitrogens with one attached hydrogen (secondary N) is 1. The van der Waals surface area contributed by atoms with Crippen LogP contribution in [-0.4, -0.2) is 19.1 Å². The van der Waals surface area contributed by atoms with Gasteiger partial charge in [-0.05, 0) is 30.5 Å². The average molecular weight is 345 g/mol. The summed E-state index contributed by atoms with van der Waals surface area (Å²) >= 11 is 0. The smallest absolute Gasteiger partial charge is 0.263 e. The standard InChI is InChI=1S/C20H21F2NO2/c21-19(22)15-8-4-9-16(12-15)20(24)23-13-17-10-5-11-25-18(17)14-6-2-1-3-7-14/h1-4,6-9,12,17-19H,5,10-11,13H2,(H,23,24). The maximum absolute atomic E-state index is 12.8. The molecule has 0 aliphatic carbocycles. The van der Waals surface area contributed by atoms with Gasteiger partial charge in [-0.25, -0.2) is 8.78 Å². The Kier molecular flexibility index (Phi) is 5.76. The summed E-state index contributed by atoms with van der Waals surface area (Å²) in [4.78, 5) is 12.3. The van der Waals surface area contributed by atoms with E-state index in [0.29, 0.717) is 13.2 Å². The van der Waals surface area contributed by atoms with Crippen LogP contribution < -0.4 is 5.32 Å². The fourth-order valence-electron chi connectivity index (χ4n) is 3.20. The van der Waals surface area contributed by atoms with Gasteiger partial charge in [-0.2, -0.15) is 0 Å². The fourth-order valence-corrected chi connectivity index (χ4v) is 3.20. The van der Waals surface area contributed by atoms with E-state index in [1.807, 2.05) is 30.3 Å². The lowest BCUT2D eigenvalue weighted by Crippen LogP contribution is -2.35. The first-order valence-electron chi connectivity index (χ1n) is 8.48. The first-order chi connectivity index (χ1) is 12.1. The Morgan fingerprint density at radius 2 is 1.96 bits per heavy atom. The highest BCUT2D eigenvalue weighted by Gasteiger charge is 2.27. The van der Waals surface area contributed by atoms with E-state index in [-0.39, 0.29) is 29.1 Å². The normalized spacial score (nSPS) is 20.4. The van der Waals surface area contributed by atoms with Crippen LogP contribution >= 0.6 is 0 Å². The molecular formula is C20H21F2NO2. The van der Waals surface area contributed by atoms with E-state index in [1.54, 1.807) is 6.07 Å². The summed E-state index contributed by atoms with van der Waals surface area (Å²) in [5, 5.41) is 2.87. The third kappa shape index (κ3) is 4.42. The van der Waals surface area contributed by atoms with Gasteiger partial charge in [0.05, 0.1) is 6.10 Å². The lowest BCUT2D eigenvalue weighted by molar-refractivity contribution is -0.0272. The van der Waals surface area contributed by atoms with E-state index in [2.05, 4.69) is 5.32 Å². The quantitative estimate of drug-likeness (QED) is 0.865. The first-order valence-corrected chi connectivity index (χ1v) is 8.48. The van der Waals surface area contributed by atoms with E-state index >= 15 is 0 Å². The van der Waals surface area contributed by atoms with Crippen molar-refractivity contribution < 1.29 is 18.3 Å². The number of amides is 1. The van der Waals surface area contributed by atoms with Crippen LogP contribution in [0.15, 0.2) is 54.6 Å². The van der Waals surface area contributed by atoms with Gasteiger partial charge < -0.3 is 10.1 Å². The van der Waals surface area contributed by atoms with Crippen LogP contribution in [0.2, 0.25) is 0 Å². The molecule has 1 N–H and O–H groups in total. The van der Waals surface area contributed by atoms with E-state index in [9.17, 15) is 13.6 Å². The van der Waals surface area contributed by atoms with Crippen molar-refractivity contribution in [3.05, 3.63) is 71.3 Å². The van der Waals surface area contributed by atoms with Crippen LogP contribution in [0.3, 0.4) is 0 Å². The molecule has 2 unspecified atom stereocenters. The number of ether oxygens (including phenoxy) is 1. The molecule has 1 aliphatic heterocycles. The zero-order chi connectivity index (χ0) is 17.6. The highest BCUT2D eigenvalue weighted by atomic mass is 19.3. The number of halogens is 2. The van der Waals surface area contributed by atoms with Crippen molar-refractivity contribution in [2.24, 2.45) is 5.92 Å². The summed E-state index contributed by atoms with van der Waals surface area (Å²) in [5.74, 6) is -0.168. The second-order valence-electron chi connectivity index (χ2n) is 6.24. The molecule has 2 aromatic carbocycles. The van der Waals surface area contributed by atoms with Gasteiger partial charge in [-0.1, -0.05) is 42.5 Å². The molecule has 5 heteroatoms. The topological polar surface area (TPSA) is 38.3 Å². The van der Waals surface area contributed by atoms with Crippen LogP contribution in [0.5, 0.6) is 0 Å². The molecule has 132 valence electrons. The van der Waals surface area contributed by atoms with Crippen LogP contribution in [0.1, 0.15) is 46.9 Å². The van der Waals surface area contributed by atoms with Crippen LogP contribution in [-0.2, 0) is 4.74 Å². The van der Waals surface area contributed by atoms with Crippen molar-refractivity contribution in [2.45, 2.75) is 25.4 Å². The Bertz CT molecular complexity index is 706. The summed E-state index contributed by atoms with van der Waals surface area (Å²) in [6.07, 6.45) is -0.730. The molecule has 0 bridgehead atoms. The van der Waals surface area contributed by atoms with Crippen molar-refractivity contribution in [1.29, 1.82) is 0 Å². The molecule has 3 nitrogen and oxygen atoms in total. The van der Waals surface area contributed by atoms with Crippen molar-refractivity contribution in [1.82, 2.24) is 5.32 Å². The summed E-state index contributed by atoms with van der Waals surface area (Å²) < 4.78 is 31.5. The van der Waals surface area contributed by atoms with Gasteiger partial charge in [0, 0.05) is 30.2 Å². The second-order valence-corrected chi connectivity index (χ2v) is 6.24. The third-order valence-corrected chi connectivity index (χ3v) is 4.50. The second kappa shape index (κ2) is 8.21. The van der Waals surface area contributed by atoms with E-state index in [0.717, 1.165) is 18.4 Å². The van der Waals surface area contributed by atoms with Crippen molar-refractivity contribution in [2.75, 3.05) is 13.2 Å². The maximum atomic E-state index is 12.8. The number of carbonyl (C=O) groups excluding carboxylic acids is 1. The molecule has 1 heterocycles. The van der Waals surface area contributed by atoms with Gasteiger partial charge in [-0.3, -0.25) is 4.79 Å². The molecule has 1 saturated heterocycles. The van der Waals surface area contributed by atoms with Gasteiger partial charge in [0.15, 0.2) is 0 Å². The predicted octanol–water partition coefficient (Wildman–Crippen LogP) is 4.52. The molecule has 1 aliphatic rings. The highest BCUT2D eigenvalue weighted by molar-refractivity contribution is 5.94. The van der Waals surface area contributed by atoms with Crippen LogP contribution in [0, 0.1) is 5.92 Å². The third-order valence-electron chi connectivity index (χ3n) is 4.50. The maximum Gasteiger partial charge on any atom is 0.263 e. The largest absolute Gasteiger partial charge is 0.373 e. The Balaban J connectivity index is 1.65. The molecule has 0 aromatic heterocycles. The molecule has 0 saturated carbocycles. The molecule has 25 heavy (non-hydrogen) atoms. The summed E-state index contributed by atoms with van der Waals surface area (Å²) in [6, 6.07) is 15.5. The number of alkyl halides is 2. The van der Waals surface area contributed by atoms with Crippen molar-refractivity contribution in [3.8, 4) is 0 Å². The number of benzene rings is 2. The number of hydrogen-bond acceptors (Lipinski definition) is 2. The van der Waals surface area contributed by atoms with Gasteiger partial charge in [-0.15, -0.1) is 0 Å². The highest BCUT2D eigenvalue weighted by Crippen LogP contribution is 2.33. The van der Waals surface area contributed by atoms with E-state index in [1.165, 1.54) is 18.2 Å². The number of hydrogen-bond donors (Lipinski definition) is 1. The molecule has 2 aromatic rings. The minimum atomic E-state index is -2.58. The number of rotatable bonds is 5. The molecule has 1 amide bonds. The summed E-state index contributed by atoms with van der Waals surface area (Å²) in [5.41, 5.74) is 1.21. The Morgan fingerprint density at radius 1 is 1.16 bits per heavy atom. The van der Waals surface area contributed by atoms with Crippen molar-refractivity contribution in [3.63, 3.8) is 0 Å². The Labute approximate surface area is 146 Å². The lowest BCUT2D eigenvalue weighted by atomic mass is 9.89. The zero-order valence-corrected chi connectivity index (χ0v) is 13.8. The molecule has 3 rings (SSSR count). The Morgan fingerprint density at radius 3 is 2.72 bits per heavy atom. The first kappa shape index (κ1) is 17.5. The van der Waals surface area contributed by atoms with Gasteiger partial charge in [0.2, 0.25) is 0 Å². The van der Waals surface area contributed by atoms with Crippen LogP contribution in [0.4, 0.5) is 8.78 Å². The van der Waals surface area contributed by atoms with Crippen LogP contribution in [0.25, 0.3) is 0 Å². The molecule has 0 spiro atoms. The fraction of sp³-hybridized carbons (Fsp3) is 0.350. The van der Waals surface area contributed by atoms with E-state index < -0.39 is 6.43 Å². The minimum Gasteiger partial charge on any atom is -0.373 e. The van der Waals surface area contributed by atoms with Gasteiger partial charge >= 0.3 is 0 Å². The monoisotopic (exact) mass is 345 g/mol. The Hall–Kier alpha value is -2.27. The van der Waals surface area contributed by atoms with Gasteiger partial charge in [0.25, 0.3) is 12.3 Å². The molecule has 1 fully saturated rings. The van der Waals surface area contributed by atoms with E-state index in [4.69, 9.17) is 4.74 Å². The van der Waals surface area contributed by atoms with Crippen molar-refractivity contribution >= 4 is 5.91 Å². The number of carbonyl (C=O) groups is 1.